The topological polar surface area (TPSA) is 86.8 Å². The molecule has 2 atom stereocenters. The molecule has 0 aliphatic rings. The predicted molar refractivity (Wildman–Crippen MR) is 133 cm³/mol. The molecule has 0 saturated heterocycles. The highest BCUT2D eigenvalue weighted by atomic mass is 35.5. The number of benzene rings is 2. The van der Waals surface area contributed by atoms with Gasteiger partial charge in [0, 0.05) is 17.6 Å². The number of carbonyl (C=O) groups excluding carboxylic acids is 2. The average Bonchev–Trinajstić information content (AvgIpc) is 2.80. The fourth-order valence-electron chi connectivity index (χ4n) is 3.31. The number of sulfonamides is 1. The first-order valence-electron chi connectivity index (χ1n) is 11.1. The Labute approximate surface area is 214 Å². The van der Waals surface area contributed by atoms with Crippen LogP contribution in [0.4, 0.5) is 18.9 Å². The number of anilines is 1. The smallest absolute Gasteiger partial charge is 0.352 e. The van der Waals surface area contributed by atoms with Crippen LogP contribution in [0, 0.1) is 0 Å². The fraction of sp³-hybridized carbons (Fsp3) is 0.417. The van der Waals surface area contributed by atoms with E-state index in [4.69, 9.17) is 11.6 Å². The number of halogens is 4. The molecule has 0 radical (unpaired) electrons. The minimum absolute atomic E-state index is 0.117. The summed E-state index contributed by atoms with van der Waals surface area (Å²) in [6.07, 6.45) is -3.27. The molecule has 0 aromatic heterocycles. The maximum atomic E-state index is 13.4. The third-order valence-electron chi connectivity index (χ3n) is 5.61. The number of amides is 2. The van der Waals surface area contributed by atoms with Crippen molar-refractivity contribution in [2.24, 2.45) is 0 Å². The van der Waals surface area contributed by atoms with Gasteiger partial charge < -0.3 is 10.2 Å². The highest BCUT2D eigenvalue weighted by Crippen LogP contribution is 2.32. The lowest BCUT2D eigenvalue weighted by Gasteiger charge is -2.32. The van der Waals surface area contributed by atoms with Gasteiger partial charge in [0.05, 0.1) is 17.5 Å². The monoisotopic (exact) mass is 547 g/mol. The minimum Gasteiger partial charge on any atom is -0.352 e. The summed E-state index contributed by atoms with van der Waals surface area (Å²) in [4.78, 5) is 27.5. The van der Waals surface area contributed by atoms with Crippen LogP contribution >= 0.6 is 11.6 Å². The molecule has 7 nitrogen and oxygen atoms in total. The van der Waals surface area contributed by atoms with Gasteiger partial charge in [0.25, 0.3) is 0 Å². The Balaban J connectivity index is 2.45. The van der Waals surface area contributed by atoms with Crippen molar-refractivity contribution < 1.29 is 31.2 Å². The van der Waals surface area contributed by atoms with Crippen molar-refractivity contribution in [3.8, 4) is 0 Å². The molecule has 0 bridgehead atoms. The van der Waals surface area contributed by atoms with E-state index < -0.39 is 46.2 Å². The Morgan fingerprint density at radius 2 is 1.72 bits per heavy atom. The SMILES string of the molecule is CC[C@@H](C)NC(=O)[C@@H](C)N(Cc1ccccc1Cl)C(=O)CN(c1cccc(C(F)(F)F)c1)S(C)(=O)=O. The third-order valence-corrected chi connectivity index (χ3v) is 7.12. The van der Waals surface area contributed by atoms with Crippen LogP contribution in [0.1, 0.15) is 38.3 Å². The molecule has 0 fully saturated rings. The standard InChI is InChI=1S/C24H29ClF3N3O4S/c1-5-16(2)29-23(33)17(3)30(14-18-9-6-7-12-21(18)25)22(32)15-31(36(4,34)35)20-11-8-10-19(13-20)24(26,27)28/h6-13,16-17H,5,14-15H2,1-4H3,(H,29,33)/t16-,17-/m1/s1. The first-order chi connectivity index (χ1) is 16.6. The molecule has 0 heterocycles. The van der Waals surface area contributed by atoms with E-state index in [0.717, 1.165) is 23.3 Å². The number of rotatable bonds is 10. The molecule has 0 unspecified atom stereocenters. The zero-order valence-corrected chi connectivity index (χ0v) is 21.9. The molecule has 198 valence electrons. The van der Waals surface area contributed by atoms with Crippen LogP contribution in [0.25, 0.3) is 0 Å². The van der Waals surface area contributed by atoms with Gasteiger partial charge in [-0.05, 0) is 50.1 Å². The first kappa shape index (κ1) is 29.4. The molecule has 1 N–H and O–H groups in total. The maximum absolute atomic E-state index is 13.4. The molecule has 2 rings (SSSR count). The average molecular weight is 548 g/mol. The second kappa shape index (κ2) is 12.0. The van der Waals surface area contributed by atoms with Gasteiger partial charge in [-0.3, -0.25) is 13.9 Å². The van der Waals surface area contributed by atoms with Gasteiger partial charge in [-0.25, -0.2) is 8.42 Å². The summed E-state index contributed by atoms with van der Waals surface area (Å²) in [5.74, 6) is -1.25. The number of alkyl halides is 3. The fourth-order valence-corrected chi connectivity index (χ4v) is 4.35. The number of nitrogens with one attached hydrogen (secondary N) is 1. The lowest BCUT2D eigenvalue weighted by atomic mass is 10.1. The first-order valence-corrected chi connectivity index (χ1v) is 13.4. The van der Waals surface area contributed by atoms with Crippen LogP contribution < -0.4 is 9.62 Å². The number of hydrogen-bond acceptors (Lipinski definition) is 4. The van der Waals surface area contributed by atoms with Crippen molar-refractivity contribution in [2.45, 2.75) is 52.0 Å². The van der Waals surface area contributed by atoms with Gasteiger partial charge in [0.1, 0.15) is 12.6 Å². The quantitative estimate of drug-likeness (QED) is 0.476. The number of nitrogens with zero attached hydrogens (tertiary/aromatic N) is 2. The Hall–Kier alpha value is -2.79. The molecule has 36 heavy (non-hydrogen) atoms. The van der Waals surface area contributed by atoms with Crippen molar-refractivity contribution in [3.63, 3.8) is 0 Å². The second-order valence-corrected chi connectivity index (χ2v) is 10.7. The van der Waals surface area contributed by atoms with Crippen LogP contribution in [0.15, 0.2) is 48.5 Å². The molecule has 2 amide bonds. The summed E-state index contributed by atoms with van der Waals surface area (Å²) in [5, 5.41) is 3.12. The molecular weight excluding hydrogens is 519 g/mol. The normalized spacial score (nSPS) is 13.6. The largest absolute Gasteiger partial charge is 0.416 e. The van der Waals surface area contributed by atoms with Crippen LogP contribution in [0.2, 0.25) is 5.02 Å². The van der Waals surface area contributed by atoms with Crippen molar-refractivity contribution in [2.75, 3.05) is 17.1 Å². The molecule has 0 spiro atoms. The van der Waals surface area contributed by atoms with E-state index in [2.05, 4.69) is 5.32 Å². The van der Waals surface area contributed by atoms with Crippen LogP contribution in [0.5, 0.6) is 0 Å². The summed E-state index contributed by atoms with van der Waals surface area (Å²) in [5.41, 5.74) is -0.869. The van der Waals surface area contributed by atoms with E-state index in [1.54, 1.807) is 31.2 Å². The number of hydrogen-bond donors (Lipinski definition) is 1. The van der Waals surface area contributed by atoms with Gasteiger partial charge in [-0.1, -0.05) is 42.8 Å². The van der Waals surface area contributed by atoms with E-state index >= 15 is 0 Å². The van der Waals surface area contributed by atoms with Gasteiger partial charge in [0.2, 0.25) is 21.8 Å². The molecule has 0 aliphatic carbocycles. The van der Waals surface area contributed by atoms with Crippen LogP contribution in [0.3, 0.4) is 0 Å². The summed E-state index contributed by atoms with van der Waals surface area (Å²) in [7, 11) is -4.17. The van der Waals surface area contributed by atoms with E-state index in [1.807, 2.05) is 6.92 Å². The van der Waals surface area contributed by atoms with E-state index in [-0.39, 0.29) is 18.3 Å². The molecule has 0 saturated carbocycles. The van der Waals surface area contributed by atoms with Gasteiger partial charge in [-0.15, -0.1) is 0 Å². The zero-order valence-electron chi connectivity index (χ0n) is 20.3. The van der Waals surface area contributed by atoms with E-state index in [0.29, 0.717) is 27.4 Å². The van der Waals surface area contributed by atoms with Crippen molar-refractivity contribution in [1.82, 2.24) is 10.2 Å². The minimum atomic E-state index is -4.71. The maximum Gasteiger partial charge on any atom is 0.416 e. The Bertz CT molecular complexity index is 1190. The van der Waals surface area contributed by atoms with Crippen molar-refractivity contribution >= 4 is 39.1 Å². The molecule has 2 aromatic carbocycles. The van der Waals surface area contributed by atoms with E-state index in [9.17, 15) is 31.2 Å². The lowest BCUT2D eigenvalue weighted by molar-refractivity contribution is -0.139. The van der Waals surface area contributed by atoms with Gasteiger partial charge >= 0.3 is 6.18 Å². The summed E-state index contributed by atoms with van der Waals surface area (Å²) in [6.45, 7) is 4.23. The summed E-state index contributed by atoms with van der Waals surface area (Å²) < 4.78 is 65.3. The molecule has 2 aromatic rings. The Morgan fingerprint density at radius 1 is 1.08 bits per heavy atom. The highest BCUT2D eigenvalue weighted by molar-refractivity contribution is 7.92. The van der Waals surface area contributed by atoms with Crippen molar-refractivity contribution in [1.29, 1.82) is 0 Å². The van der Waals surface area contributed by atoms with Crippen LogP contribution in [-0.2, 0) is 32.3 Å². The molecule has 0 aliphatic heterocycles. The lowest BCUT2D eigenvalue weighted by Crippen LogP contribution is -2.52. The zero-order chi connectivity index (χ0) is 27.3. The predicted octanol–water partition coefficient (Wildman–Crippen LogP) is 4.46. The van der Waals surface area contributed by atoms with Crippen LogP contribution in [-0.4, -0.2) is 50.0 Å². The number of carbonyl (C=O) groups is 2. The Morgan fingerprint density at radius 3 is 2.28 bits per heavy atom. The molecular formula is C24H29ClF3N3O4S. The van der Waals surface area contributed by atoms with Gasteiger partial charge in [-0.2, -0.15) is 13.2 Å². The van der Waals surface area contributed by atoms with Gasteiger partial charge in [0.15, 0.2) is 0 Å². The molecule has 12 heteroatoms. The highest BCUT2D eigenvalue weighted by Gasteiger charge is 2.34. The Kier molecular flexibility index (Phi) is 9.78. The van der Waals surface area contributed by atoms with E-state index in [1.165, 1.54) is 13.0 Å². The van der Waals surface area contributed by atoms with Crippen molar-refractivity contribution in [3.05, 3.63) is 64.7 Å². The summed E-state index contributed by atoms with van der Waals surface area (Å²) >= 11 is 6.25. The third kappa shape index (κ3) is 7.86. The summed E-state index contributed by atoms with van der Waals surface area (Å²) in [6, 6.07) is 9.14. The second-order valence-electron chi connectivity index (χ2n) is 8.42.